The first-order valence-corrected chi connectivity index (χ1v) is 6.59. The topological polar surface area (TPSA) is 74.6 Å². The Morgan fingerprint density at radius 3 is 1.83 bits per heavy atom. The molecular weight excluding hydrogens is 373 g/mol. The van der Waals surface area contributed by atoms with E-state index in [0.717, 1.165) is 0 Å². The van der Waals surface area contributed by atoms with Crippen LogP contribution in [0.1, 0.15) is 0 Å². The third-order valence-corrected chi connectivity index (χ3v) is 6.43. The van der Waals surface area contributed by atoms with Crippen molar-refractivity contribution in [2.24, 2.45) is 0 Å². The van der Waals surface area contributed by atoms with E-state index in [9.17, 15) is 9.59 Å². The van der Waals surface area contributed by atoms with E-state index < -0.39 is 37.5 Å². The van der Waals surface area contributed by atoms with Crippen molar-refractivity contribution in [2.45, 2.75) is 20.5 Å². The molecule has 0 aliphatic heterocycles. The smallest absolute Gasteiger partial charge is 0.332 e. The van der Waals surface area contributed by atoms with E-state index in [1.165, 1.54) is 0 Å². The minimum absolute atomic E-state index is 0.353. The van der Waals surface area contributed by atoms with E-state index in [1.54, 1.807) is 0 Å². The zero-order chi connectivity index (χ0) is 14.5. The quantitative estimate of drug-likeness (QED) is 0.726. The summed E-state index contributed by atoms with van der Waals surface area (Å²) in [5, 5.41) is 14.4. The van der Waals surface area contributed by atoms with Crippen LogP contribution in [0.15, 0.2) is 10.1 Å². The van der Waals surface area contributed by atoms with Gasteiger partial charge in [-0.25, -0.2) is 4.79 Å². The van der Waals surface area contributed by atoms with Crippen LogP contribution in [0.4, 0.5) is 0 Å². The van der Waals surface area contributed by atoms with Crippen molar-refractivity contribution in [3.63, 3.8) is 0 Å². The van der Waals surface area contributed by atoms with E-state index in [1.807, 2.05) is 0 Å². The minimum Gasteiger partial charge on any atom is -0.480 e. The van der Waals surface area contributed by atoms with E-state index in [4.69, 9.17) is 79.8 Å². The van der Waals surface area contributed by atoms with Gasteiger partial charge in [-0.1, -0.05) is 34.8 Å². The lowest BCUT2D eigenvalue weighted by Crippen LogP contribution is -2.66. The fourth-order valence-electron chi connectivity index (χ4n) is 1.48. The Labute approximate surface area is 131 Å². The lowest BCUT2D eigenvalue weighted by atomic mass is 9.81. The Bertz CT molecular complexity index is 451. The monoisotopic (exact) mass is 374 g/mol. The van der Waals surface area contributed by atoms with E-state index in [2.05, 4.69) is 0 Å². The molecule has 0 heterocycles. The highest BCUT2D eigenvalue weighted by Gasteiger charge is 2.70. The van der Waals surface area contributed by atoms with Crippen LogP contribution in [0.3, 0.4) is 0 Å². The first-order chi connectivity index (χ1) is 8.02. The van der Waals surface area contributed by atoms with Crippen LogP contribution in [0, 0.1) is 0 Å². The summed E-state index contributed by atoms with van der Waals surface area (Å²) in [5.41, 5.74) is 0. The molecule has 102 valence electrons. The Kier molecular flexibility index (Phi) is 4.65. The molecule has 0 aromatic heterocycles. The number of allylic oxidation sites excluding steroid dienone is 1. The van der Waals surface area contributed by atoms with Gasteiger partial charge in [-0.2, -0.15) is 0 Å². The van der Waals surface area contributed by atoms with Gasteiger partial charge in [0.1, 0.15) is 0 Å². The SMILES string of the molecule is O=C(O)C1(Cl)C(Cl)=C(Cl)C(Cl)C(Cl)C1(Cl)C(=O)O. The molecule has 0 spiro atoms. The third kappa shape index (κ3) is 1.89. The van der Waals surface area contributed by atoms with Gasteiger partial charge in [0.2, 0.25) is 4.87 Å². The highest BCUT2D eigenvalue weighted by molar-refractivity contribution is 6.60. The number of hydrogen-bond donors (Lipinski definition) is 2. The fraction of sp³-hybridized carbons (Fsp3) is 0.500. The Morgan fingerprint density at radius 1 is 1.06 bits per heavy atom. The Morgan fingerprint density at radius 2 is 1.50 bits per heavy atom. The lowest BCUT2D eigenvalue weighted by Gasteiger charge is -2.44. The van der Waals surface area contributed by atoms with E-state index in [0.29, 0.717) is 0 Å². The molecule has 0 saturated carbocycles. The first kappa shape index (κ1) is 16.5. The maximum Gasteiger partial charge on any atom is 0.332 e. The molecule has 0 aromatic carbocycles. The number of alkyl halides is 4. The normalized spacial score (nSPS) is 40.8. The summed E-state index contributed by atoms with van der Waals surface area (Å²) in [7, 11) is 0. The lowest BCUT2D eigenvalue weighted by molar-refractivity contribution is -0.149. The number of carbonyl (C=O) groups is 2. The molecule has 18 heavy (non-hydrogen) atoms. The molecule has 0 saturated heterocycles. The van der Waals surface area contributed by atoms with Crippen LogP contribution >= 0.6 is 69.6 Å². The molecular formula is C8H4Cl6O4. The van der Waals surface area contributed by atoms with Crippen LogP contribution in [0.2, 0.25) is 0 Å². The van der Waals surface area contributed by atoms with Gasteiger partial charge in [-0.05, 0) is 0 Å². The van der Waals surface area contributed by atoms with Crippen LogP contribution < -0.4 is 0 Å². The molecule has 4 atom stereocenters. The van der Waals surface area contributed by atoms with Gasteiger partial charge in [0.25, 0.3) is 0 Å². The molecule has 1 aliphatic carbocycles. The van der Waals surface area contributed by atoms with Crippen molar-refractivity contribution < 1.29 is 19.8 Å². The molecule has 1 rings (SSSR count). The Hall–Kier alpha value is 0.420. The Balaban J connectivity index is 3.70. The zero-order valence-corrected chi connectivity index (χ0v) is 12.7. The molecule has 0 bridgehead atoms. The van der Waals surface area contributed by atoms with Gasteiger partial charge in [0.15, 0.2) is 4.87 Å². The number of hydrogen-bond acceptors (Lipinski definition) is 2. The second kappa shape index (κ2) is 5.08. The number of carboxylic acids is 2. The van der Waals surface area contributed by atoms with Crippen molar-refractivity contribution in [3.05, 3.63) is 10.1 Å². The van der Waals surface area contributed by atoms with Gasteiger partial charge in [-0.3, -0.25) is 4.79 Å². The third-order valence-electron chi connectivity index (χ3n) is 2.50. The van der Waals surface area contributed by atoms with Gasteiger partial charge in [-0.15, -0.1) is 34.8 Å². The van der Waals surface area contributed by atoms with E-state index >= 15 is 0 Å². The van der Waals surface area contributed by atoms with Crippen LogP contribution in [-0.4, -0.2) is 42.7 Å². The molecule has 4 unspecified atom stereocenters. The summed E-state index contributed by atoms with van der Waals surface area (Å²) in [5.74, 6) is -3.56. The van der Waals surface area contributed by atoms with Crippen molar-refractivity contribution in [1.82, 2.24) is 0 Å². The summed E-state index contributed by atoms with van der Waals surface area (Å²) in [4.78, 5) is 17.1. The molecule has 0 fully saturated rings. The zero-order valence-electron chi connectivity index (χ0n) is 8.13. The van der Waals surface area contributed by atoms with Crippen LogP contribution in [0.5, 0.6) is 0 Å². The summed E-state index contributed by atoms with van der Waals surface area (Å²) in [6.45, 7) is 0. The average molecular weight is 377 g/mol. The standard InChI is InChI=1S/C8H4Cl6O4/c9-1-2(10)4(12)8(14,6(17)18)7(13,3(1)11)5(15)16/h1,3H,(H,15,16)(H,17,18). The van der Waals surface area contributed by atoms with Gasteiger partial charge in [0.05, 0.1) is 20.8 Å². The maximum absolute atomic E-state index is 11.3. The van der Waals surface area contributed by atoms with Gasteiger partial charge in [0, 0.05) is 0 Å². The van der Waals surface area contributed by atoms with Crippen molar-refractivity contribution in [1.29, 1.82) is 0 Å². The van der Waals surface area contributed by atoms with Crippen molar-refractivity contribution in [2.75, 3.05) is 0 Å². The van der Waals surface area contributed by atoms with Crippen molar-refractivity contribution in [3.8, 4) is 0 Å². The second-order valence-electron chi connectivity index (χ2n) is 3.45. The fourth-order valence-corrected chi connectivity index (χ4v) is 3.72. The molecule has 0 radical (unpaired) electrons. The summed E-state index contributed by atoms with van der Waals surface area (Å²) < 4.78 is 0. The molecule has 0 aromatic rings. The minimum atomic E-state index is -2.71. The number of aliphatic carboxylic acids is 2. The number of carboxylic acid groups (broad SMARTS) is 2. The molecule has 4 nitrogen and oxygen atoms in total. The molecule has 10 heteroatoms. The van der Waals surface area contributed by atoms with Gasteiger partial charge >= 0.3 is 11.9 Å². The van der Waals surface area contributed by atoms with Crippen molar-refractivity contribution >= 4 is 81.5 Å². The van der Waals surface area contributed by atoms with E-state index in [-0.39, 0.29) is 5.03 Å². The summed E-state index contributed by atoms with van der Waals surface area (Å²) >= 11 is 34.6. The second-order valence-corrected chi connectivity index (χ2v) is 6.33. The largest absolute Gasteiger partial charge is 0.480 e. The van der Waals surface area contributed by atoms with Crippen LogP contribution in [-0.2, 0) is 9.59 Å². The molecule has 2 N–H and O–H groups in total. The predicted molar refractivity (Wildman–Crippen MR) is 70.5 cm³/mol. The summed E-state index contributed by atoms with van der Waals surface area (Å²) in [6.07, 6.45) is 0. The number of rotatable bonds is 2. The van der Waals surface area contributed by atoms with Gasteiger partial charge < -0.3 is 10.2 Å². The predicted octanol–water partition coefficient (Wildman–Crippen LogP) is 3.03. The number of halogens is 6. The average Bonchev–Trinajstić information content (AvgIpc) is 2.30. The highest BCUT2D eigenvalue weighted by Crippen LogP contribution is 2.55. The summed E-state index contributed by atoms with van der Waals surface area (Å²) in [6, 6.07) is 0. The maximum atomic E-state index is 11.3. The molecule has 1 aliphatic rings. The molecule has 0 amide bonds. The van der Waals surface area contributed by atoms with Crippen LogP contribution in [0.25, 0.3) is 0 Å². The first-order valence-electron chi connectivity index (χ1n) is 4.21. The highest BCUT2D eigenvalue weighted by atomic mass is 35.5.